The molecule has 0 aliphatic rings. The molecular formula is C7H17FSi. The van der Waals surface area contributed by atoms with Crippen LogP contribution in [0.1, 0.15) is 33.6 Å². The van der Waals surface area contributed by atoms with E-state index in [4.69, 9.17) is 0 Å². The first-order valence-electron chi connectivity index (χ1n) is 3.86. The van der Waals surface area contributed by atoms with Gasteiger partial charge in [0.2, 0.25) is 9.13 Å². The fraction of sp³-hybridized carbons (Fsp3) is 1.00. The molecule has 0 aliphatic carbocycles. The highest BCUT2D eigenvalue weighted by Gasteiger charge is 2.15. The Hall–Kier alpha value is 0.147. The first kappa shape index (κ1) is 9.15. The van der Waals surface area contributed by atoms with E-state index in [2.05, 4.69) is 13.8 Å². The van der Waals surface area contributed by atoms with Gasteiger partial charge < -0.3 is 4.11 Å². The summed E-state index contributed by atoms with van der Waals surface area (Å²) >= 11 is 0. The van der Waals surface area contributed by atoms with Gasteiger partial charge in [-0.1, -0.05) is 33.6 Å². The van der Waals surface area contributed by atoms with E-state index in [0.29, 0.717) is 5.54 Å². The lowest BCUT2D eigenvalue weighted by Gasteiger charge is -2.10. The molecule has 0 amide bonds. The van der Waals surface area contributed by atoms with Gasteiger partial charge in [-0.15, -0.1) is 0 Å². The van der Waals surface area contributed by atoms with Crippen LogP contribution >= 0.6 is 0 Å². The molecule has 0 N–H and O–H groups in total. The predicted octanol–water partition coefficient (Wildman–Crippen LogP) is 2.89. The molecule has 56 valence electrons. The maximum atomic E-state index is 12.9. The van der Waals surface area contributed by atoms with Crippen molar-refractivity contribution in [3.05, 3.63) is 0 Å². The minimum absolute atomic E-state index is 0.393. The van der Waals surface area contributed by atoms with Crippen molar-refractivity contribution in [2.75, 3.05) is 0 Å². The number of halogens is 1. The largest absolute Gasteiger partial charge is 0.318 e. The maximum absolute atomic E-state index is 12.9. The SMILES string of the molecule is CCC[SiH](F)C(C)CC. The van der Waals surface area contributed by atoms with E-state index in [-0.39, 0.29) is 0 Å². The molecule has 2 unspecified atom stereocenters. The van der Waals surface area contributed by atoms with E-state index in [1.165, 1.54) is 0 Å². The summed E-state index contributed by atoms with van der Waals surface area (Å²) in [6.45, 7) is 6.16. The average molecular weight is 148 g/mol. The van der Waals surface area contributed by atoms with Crippen LogP contribution in [-0.4, -0.2) is 9.13 Å². The van der Waals surface area contributed by atoms with E-state index < -0.39 is 9.13 Å². The molecule has 2 atom stereocenters. The summed E-state index contributed by atoms with van der Waals surface area (Å²) in [5.74, 6) is 0. The van der Waals surface area contributed by atoms with E-state index in [0.717, 1.165) is 18.9 Å². The molecule has 0 saturated carbocycles. The Morgan fingerprint density at radius 1 is 1.44 bits per heavy atom. The first-order valence-corrected chi connectivity index (χ1v) is 5.78. The van der Waals surface area contributed by atoms with Crippen molar-refractivity contribution in [3.8, 4) is 0 Å². The van der Waals surface area contributed by atoms with Crippen LogP contribution in [0.3, 0.4) is 0 Å². The molecule has 0 spiro atoms. The molecule has 0 aromatic heterocycles. The topological polar surface area (TPSA) is 0 Å². The zero-order valence-corrected chi connectivity index (χ0v) is 7.81. The Kier molecular flexibility index (Phi) is 5.05. The predicted molar refractivity (Wildman–Crippen MR) is 43.1 cm³/mol. The quantitative estimate of drug-likeness (QED) is 0.425. The minimum atomic E-state index is -1.80. The van der Waals surface area contributed by atoms with Gasteiger partial charge >= 0.3 is 0 Å². The molecule has 0 aromatic carbocycles. The van der Waals surface area contributed by atoms with Crippen molar-refractivity contribution >= 4 is 9.13 Å². The smallest absolute Gasteiger partial charge is 0.234 e. The summed E-state index contributed by atoms with van der Waals surface area (Å²) in [5.41, 5.74) is 0.393. The van der Waals surface area contributed by atoms with Gasteiger partial charge in [-0.05, 0) is 11.6 Å². The van der Waals surface area contributed by atoms with E-state index in [1.54, 1.807) is 0 Å². The Morgan fingerprint density at radius 2 is 2.00 bits per heavy atom. The van der Waals surface area contributed by atoms with E-state index in [1.807, 2.05) is 6.92 Å². The van der Waals surface area contributed by atoms with Gasteiger partial charge in [-0.2, -0.15) is 0 Å². The third-order valence-electron chi connectivity index (χ3n) is 1.83. The third kappa shape index (κ3) is 3.68. The van der Waals surface area contributed by atoms with E-state index >= 15 is 0 Å². The summed E-state index contributed by atoms with van der Waals surface area (Å²) in [6, 6.07) is 0.870. The number of hydrogen-bond acceptors (Lipinski definition) is 0. The van der Waals surface area contributed by atoms with Gasteiger partial charge in [-0.25, -0.2) is 0 Å². The Labute approximate surface area is 59.2 Å². The van der Waals surface area contributed by atoms with Crippen molar-refractivity contribution in [2.24, 2.45) is 0 Å². The molecule has 0 saturated heterocycles. The highest BCUT2D eigenvalue weighted by Crippen LogP contribution is 2.18. The molecule has 0 fully saturated rings. The standard InChI is InChI=1S/C7H17FSi/c1-4-6-9(8)7(3)5-2/h7,9H,4-6H2,1-3H3. The first-order chi connectivity index (χ1) is 4.22. The molecule has 9 heavy (non-hydrogen) atoms. The molecule has 0 rings (SSSR count). The molecule has 2 heteroatoms. The minimum Gasteiger partial charge on any atom is -0.318 e. The van der Waals surface area contributed by atoms with Gasteiger partial charge in [0.15, 0.2) is 0 Å². The van der Waals surface area contributed by atoms with Crippen molar-refractivity contribution in [1.29, 1.82) is 0 Å². The van der Waals surface area contributed by atoms with Gasteiger partial charge in [0.05, 0.1) is 0 Å². The fourth-order valence-electron chi connectivity index (χ4n) is 0.816. The van der Waals surface area contributed by atoms with Crippen LogP contribution in [0.15, 0.2) is 0 Å². The van der Waals surface area contributed by atoms with Gasteiger partial charge in [-0.3, -0.25) is 0 Å². The lowest BCUT2D eigenvalue weighted by Crippen LogP contribution is -2.10. The lowest BCUT2D eigenvalue weighted by molar-refractivity contribution is 0.715. The van der Waals surface area contributed by atoms with Crippen molar-refractivity contribution in [2.45, 2.75) is 45.2 Å². The average Bonchev–Trinajstić information content (AvgIpc) is 1.87. The van der Waals surface area contributed by atoms with Crippen LogP contribution in [0, 0.1) is 0 Å². The number of rotatable bonds is 4. The monoisotopic (exact) mass is 148 g/mol. The molecule has 0 nitrogen and oxygen atoms in total. The van der Waals surface area contributed by atoms with Crippen LogP contribution in [0.25, 0.3) is 0 Å². The highest BCUT2D eigenvalue weighted by atomic mass is 28.3. The van der Waals surface area contributed by atoms with Crippen molar-refractivity contribution in [3.63, 3.8) is 0 Å². The zero-order valence-electron chi connectivity index (χ0n) is 6.65. The molecule has 0 radical (unpaired) electrons. The Morgan fingerprint density at radius 3 is 2.33 bits per heavy atom. The molecule has 0 aliphatic heterocycles. The lowest BCUT2D eigenvalue weighted by atomic mass is 10.4. The van der Waals surface area contributed by atoms with Crippen molar-refractivity contribution in [1.82, 2.24) is 0 Å². The van der Waals surface area contributed by atoms with Crippen LogP contribution in [0.2, 0.25) is 11.6 Å². The number of hydrogen-bond donors (Lipinski definition) is 0. The summed E-state index contributed by atoms with van der Waals surface area (Å²) in [4.78, 5) is 0. The second-order valence-electron chi connectivity index (χ2n) is 2.69. The second-order valence-corrected chi connectivity index (χ2v) is 5.44. The van der Waals surface area contributed by atoms with Gasteiger partial charge in [0.25, 0.3) is 0 Å². The summed E-state index contributed by atoms with van der Waals surface area (Å²) in [6.07, 6.45) is 2.05. The molecule has 0 heterocycles. The van der Waals surface area contributed by atoms with Crippen LogP contribution < -0.4 is 0 Å². The highest BCUT2D eigenvalue weighted by molar-refractivity contribution is 6.52. The summed E-state index contributed by atoms with van der Waals surface area (Å²) < 4.78 is 12.9. The molecule has 0 aromatic rings. The second kappa shape index (κ2) is 4.97. The Bertz CT molecular complexity index is 65.9. The van der Waals surface area contributed by atoms with Crippen LogP contribution in [0.4, 0.5) is 4.11 Å². The van der Waals surface area contributed by atoms with Crippen LogP contribution in [-0.2, 0) is 0 Å². The maximum Gasteiger partial charge on any atom is 0.234 e. The normalized spacial score (nSPS) is 17.3. The van der Waals surface area contributed by atoms with Crippen molar-refractivity contribution < 1.29 is 4.11 Å². The fourth-order valence-corrected chi connectivity index (χ4v) is 2.45. The zero-order chi connectivity index (χ0) is 7.28. The van der Waals surface area contributed by atoms with Gasteiger partial charge in [0, 0.05) is 0 Å². The summed E-state index contributed by atoms with van der Waals surface area (Å²) in [5, 5.41) is 0. The summed E-state index contributed by atoms with van der Waals surface area (Å²) in [7, 11) is -1.80. The van der Waals surface area contributed by atoms with Gasteiger partial charge in [0.1, 0.15) is 0 Å². The molecule has 0 bridgehead atoms. The van der Waals surface area contributed by atoms with Crippen LogP contribution in [0.5, 0.6) is 0 Å². The third-order valence-corrected chi connectivity index (χ3v) is 4.66. The molecular weight excluding hydrogens is 131 g/mol. The van der Waals surface area contributed by atoms with E-state index in [9.17, 15) is 4.11 Å². The Balaban J connectivity index is 3.32.